The van der Waals surface area contributed by atoms with Crippen molar-refractivity contribution in [2.24, 2.45) is 0 Å². The normalized spacial score (nSPS) is 12.8. The zero-order valence-electron chi connectivity index (χ0n) is 10.1. The van der Waals surface area contributed by atoms with Gasteiger partial charge in [-0.3, -0.25) is 9.78 Å². The van der Waals surface area contributed by atoms with Gasteiger partial charge in [0.15, 0.2) is 17.3 Å². The molecule has 0 atom stereocenters. The lowest BCUT2D eigenvalue weighted by molar-refractivity contribution is 0.104. The SMILES string of the molecule is O=C(C=Cc1ccc2c(c1)OCO2)c1ccncc1. The molecular formula is C15H11NO3. The van der Waals surface area contributed by atoms with Crippen molar-refractivity contribution in [3.8, 4) is 11.5 Å². The summed E-state index contributed by atoms with van der Waals surface area (Å²) in [7, 11) is 0. The van der Waals surface area contributed by atoms with Gasteiger partial charge >= 0.3 is 0 Å². The van der Waals surface area contributed by atoms with E-state index in [2.05, 4.69) is 4.98 Å². The largest absolute Gasteiger partial charge is 0.454 e. The van der Waals surface area contributed by atoms with Crippen LogP contribution in [0.25, 0.3) is 6.08 Å². The minimum atomic E-state index is -0.0555. The molecule has 2 aromatic rings. The molecular weight excluding hydrogens is 242 g/mol. The van der Waals surface area contributed by atoms with Crippen LogP contribution in [0.3, 0.4) is 0 Å². The standard InChI is InChI=1S/C15H11NO3/c17-13(12-5-7-16-8-6-12)3-1-11-2-4-14-15(9-11)19-10-18-14/h1-9H,10H2. The van der Waals surface area contributed by atoms with Crippen LogP contribution < -0.4 is 9.47 Å². The summed E-state index contributed by atoms with van der Waals surface area (Å²) >= 11 is 0. The predicted molar refractivity (Wildman–Crippen MR) is 70.2 cm³/mol. The van der Waals surface area contributed by atoms with Crippen LogP contribution in [0, 0.1) is 0 Å². The summed E-state index contributed by atoms with van der Waals surface area (Å²) in [6.45, 7) is 0.248. The first-order chi connectivity index (χ1) is 9.33. The first-order valence-corrected chi connectivity index (χ1v) is 5.85. The molecule has 0 saturated carbocycles. The number of rotatable bonds is 3. The fourth-order valence-electron chi connectivity index (χ4n) is 1.80. The van der Waals surface area contributed by atoms with Crippen LogP contribution in [0.2, 0.25) is 0 Å². The van der Waals surface area contributed by atoms with Crippen molar-refractivity contribution in [3.63, 3.8) is 0 Å². The molecule has 3 rings (SSSR count). The van der Waals surface area contributed by atoms with Crippen LogP contribution in [0.15, 0.2) is 48.8 Å². The topological polar surface area (TPSA) is 48.4 Å². The highest BCUT2D eigenvalue weighted by Gasteiger charge is 2.12. The van der Waals surface area contributed by atoms with Gasteiger partial charge in [0.25, 0.3) is 0 Å². The van der Waals surface area contributed by atoms with Crippen molar-refractivity contribution < 1.29 is 14.3 Å². The van der Waals surface area contributed by atoms with E-state index >= 15 is 0 Å². The number of allylic oxidation sites excluding steroid dienone is 1. The van der Waals surface area contributed by atoms with Crippen molar-refractivity contribution in [2.75, 3.05) is 6.79 Å². The van der Waals surface area contributed by atoms with E-state index in [0.717, 1.165) is 11.3 Å². The first-order valence-electron chi connectivity index (χ1n) is 5.85. The Hall–Kier alpha value is -2.62. The van der Waals surface area contributed by atoms with Crippen LogP contribution in [0.4, 0.5) is 0 Å². The summed E-state index contributed by atoms with van der Waals surface area (Å²) in [5.41, 5.74) is 1.51. The van der Waals surface area contributed by atoms with Crippen molar-refractivity contribution in [2.45, 2.75) is 0 Å². The Morgan fingerprint density at radius 3 is 2.74 bits per heavy atom. The fourth-order valence-corrected chi connectivity index (χ4v) is 1.80. The molecule has 0 N–H and O–H groups in total. The highest BCUT2D eigenvalue weighted by atomic mass is 16.7. The third-order valence-corrected chi connectivity index (χ3v) is 2.79. The minimum absolute atomic E-state index is 0.0555. The maximum atomic E-state index is 11.9. The number of hydrogen-bond acceptors (Lipinski definition) is 4. The molecule has 19 heavy (non-hydrogen) atoms. The van der Waals surface area contributed by atoms with E-state index in [-0.39, 0.29) is 12.6 Å². The van der Waals surface area contributed by atoms with E-state index in [1.165, 1.54) is 6.08 Å². The molecule has 1 aromatic heterocycles. The molecule has 1 aliphatic heterocycles. The number of hydrogen-bond donors (Lipinski definition) is 0. The molecule has 0 spiro atoms. The van der Waals surface area contributed by atoms with E-state index in [1.54, 1.807) is 30.6 Å². The van der Waals surface area contributed by atoms with Gasteiger partial charge < -0.3 is 9.47 Å². The molecule has 0 fully saturated rings. The van der Waals surface area contributed by atoms with Gasteiger partial charge in [0.05, 0.1) is 0 Å². The summed E-state index contributed by atoms with van der Waals surface area (Å²) in [6.07, 6.45) is 6.49. The van der Waals surface area contributed by atoms with Gasteiger partial charge in [0.2, 0.25) is 6.79 Å². The summed E-state index contributed by atoms with van der Waals surface area (Å²) in [6, 6.07) is 8.93. The monoisotopic (exact) mass is 253 g/mol. The predicted octanol–water partition coefficient (Wildman–Crippen LogP) is 2.71. The first kappa shape index (κ1) is 11.5. The molecule has 4 nitrogen and oxygen atoms in total. The molecule has 94 valence electrons. The van der Waals surface area contributed by atoms with Gasteiger partial charge in [0, 0.05) is 18.0 Å². The fraction of sp³-hybridized carbons (Fsp3) is 0.0667. The molecule has 0 saturated heterocycles. The maximum absolute atomic E-state index is 11.9. The van der Waals surface area contributed by atoms with Crippen LogP contribution in [-0.4, -0.2) is 17.6 Å². The number of ether oxygens (including phenoxy) is 2. The van der Waals surface area contributed by atoms with E-state index in [9.17, 15) is 4.79 Å². The number of aromatic nitrogens is 1. The molecule has 0 unspecified atom stereocenters. The molecule has 0 bridgehead atoms. The highest BCUT2D eigenvalue weighted by Crippen LogP contribution is 2.32. The number of ketones is 1. The number of benzene rings is 1. The Bertz CT molecular complexity index is 635. The van der Waals surface area contributed by atoms with Gasteiger partial charge in [-0.05, 0) is 35.9 Å². The highest BCUT2D eigenvalue weighted by molar-refractivity contribution is 6.06. The smallest absolute Gasteiger partial charge is 0.231 e. The summed E-state index contributed by atoms with van der Waals surface area (Å²) in [4.78, 5) is 15.8. The molecule has 1 aliphatic rings. The van der Waals surface area contributed by atoms with Crippen molar-refractivity contribution in [1.82, 2.24) is 4.98 Å². The maximum Gasteiger partial charge on any atom is 0.231 e. The van der Waals surface area contributed by atoms with Gasteiger partial charge in [-0.2, -0.15) is 0 Å². The van der Waals surface area contributed by atoms with E-state index < -0.39 is 0 Å². The molecule has 1 aromatic carbocycles. The third kappa shape index (κ3) is 2.47. The number of carbonyl (C=O) groups excluding carboxylic acids is 1. The second-order valence-corrected chi connectivity index (χ2v) is 4.05. The Balaban J connectivity index is 1.78. The van der Waals surface area contributed by atoms with Crippen LogP contribution in [0.5, 0.6) is 11.5 Å². The lowest BCUT2D eigenvalue weighted by Crippen LogP contribution is -1.93. The van der Waals surface area contributed by atoms with E-state index in [1.807, 2.05) is 18.2 Å². The molecule has 4 heteroatoms. The Labute approximate surface area is 110 Å². The van der Waals surface area contributed by atoms with Crippen molar-refractivity contribution in [3.05, 3.63) is 59.9 Å². The average molecular weight is 253 g/mol. The second-order valence-electron chi connectivity index (χ2n) is 4.05. The van der Waals surface area contributed by atoms with E-state index in [4.69, 9.17) is 9.47 Å². The molecule has 0 aliphatic carbocycles. The Morgan fingerprint density at radius 2 is 1.89 bits per heavy atom. The van der Waals surface area contributed by atoms with E-state index in [0.29, 0.717) is 11.3 Å². The van der Waals surface area contributed by atoms with Gasteiger partial charge in [-0.25, -0.2) is 0 Å². The summed E-state index contributed by atoms with van der Waals surface area (Å²) < 4.78 is 10.5. The zero-order valence-corrected chi connectivity index (χ0v) is 10.1. The van der Waals surface area contributed by atoms with Crippen LogP contribution in [0.1, 0.15) is 15.9 Å². The van der Waals surface area contributed by atoms with Crippen molar-refractivity contribution in [1.29, 1.82) is 0 Å². The Kier molecular flexibility index (Phi) is 2.98. The lowest BCUT2D eigenvalue weighted by atomic mass is 10.1. The average Bonchev–Trinajstić information content (AvgIpc) is 2.93. The zero-order chi connectivity index (χ0) is 13.1. The van der Waals surface area contributed by atoms with Gasteiger partial charge in [0.1, 0.15) is 0 Å². The minimum Gasteiger partial charge on any atom is -0.454 e. The summed E-state index contributed by atoms with van der Waals surface area (Å²) in [5.74, 6) is 1.39. The molecule has 0 radical (unpaired) electrons. The summed E-state index contributed by atoms with van der Waals surface area (Å²) in [5, 5.41) is 0. The van der Waals surface area contributed by atoms with Crippen molar-refractivity contribution >= 4 is 11.9 Å². The van der Waals surface area contributed by atoms with Crippen LogP contribution in [-0.2, 0) is 0 Å². The van der Waals surface area contributed by atoms with Gasteiger partial charge in [-0.1, -0.05) is 12.1 Å². The van der Waals surface area contributed by atoms with Crippen LogP contribution >= 0.6 is 0 Å². The third-order valence-electron chi connectivity index (χ3n) is 2.79. The number of nitrogens with zero attached hydrogens (tertiary/aromatic N) is 1. The molecule has 2 heterocycles. The second kappa shape index (κ2) is 4.94. The lowest BCUT2D eigenvalue weighted by Gasteiger charge is -1.98. The Morgan fingerprint density at radius 1 is 1.11 bits per heavy atom. The number of fused-ring (bicyclic) bond motifs is 1. The number of carbonyl (C=O) groups is 1. The molecule has 0 amide bonds. The number of pyridine rings is 1. The quantitative estimate of drug-likeness (QED) is 0.623. The van der Waals surface area contributed by atoms with Gasteiger partial charge in [-0.15, -0.1) is 0 Å².